The van der Waals surface area contributed by atoms with Crippen LogP contribution < -0.4 is 5.73 Å². The summed E-state index contributed by atoms with van der Waals surface area (Å²) in [7, 11) is 0. The maximum Gasteiger partial charge on any atom is 0.0406 e. The zero-order chi connectivity index (χ0) is 11.2. The lowest BCUT2D eigenvalue weighted by Gasteiger charge is -2.29. The number of rotatable bonds is 4. The highest BCUT2D eigenvalue weighted by Crippen LogP contribution is 2.31. The monoisotopic (exact) mass is 218 g/mol. The van der Waals surface area contributed by atoms with Crippen LogP contribution in [0.25, 0.3) is 0 Å². The van der Waals surface area contributed by atoms with Gasteiger partial charge in [-0.25, -0.2) is 0 Å². The molecule has 1 aliphatic rings. The molecule has 1 aromatic rings. The molecule has 0 bridgehead atoms. The molecule has 1 aromatic heterocycles. The van der Waals surface area contributed by atoms with Crippen LogP contribution in [0.15, 0.2) is 24.4 Å². The van der Waals surface area contributed by atoms with Gasteiger partial charge < -0.3 is 5.73 Å². The third-order valence-electron chi connectivity index (χ3n) is 3.82. The molecule has 2 N–H and O–H groups in total. The summed E-state index contributed by atoms with van der Waals surface area (Å²) in [6, 6.07) is 6.16. The Balaban J connectivity index is 1.94. The molecule has 1 saturated carbocycles. The Morgan fingerprint density at radius 2 is 2.06 bits per heavy atom. The van der Waals surface area contributed by atoms with E-state index in [1.54, 1.807) is 0 Å². The van der Waals surface area contributed by atoms with Crippen LogP contribution in [0.5, 0.6) is 0 Å². The summed E-state index contributed by atoms with van der Waals surface area (Å²) in [6.07, 6.45) is 9.87. The molecule has 0 spiro atoms. The molecule has 16 heavy (non-hydrogen) atoms. The van der Waals surface area contributed by atoms with Gasteiger partial charge >= 0.3 is 0 Å². The Hall–Kier alpha value is -0.890. The summed E-state index contributed by atoms with van der Waals surface area (Å²) in [6.45, 7) is 0.807. The van der Waals surface area contributed by atoms with E-state index in [0.29, 0.717) is 5.92 Å². The van der Waals surface area contributed by atoms with E-state index in [4.69, 9.17) is 5.73 Å². The van der Waals surface area contributed by atoms with Crippen LogP contribution in [0.4, 0.5) is 0 Å². The fraction of sp³-hybridized carbons (Fsp3) is 0.643. The van der Waals surface area contributed by atoms with Crippen molar-refractivity contribution in [1.29, 1.82) is 0 Å². The molecule has 0 radical (unpaired) electrons. The normalized spacial score (nSPS) is 19.6. The number of pyridine rings is 1. The quantitative estimate of drug-likeness (QED) is 0.844. The minimum atomic E-state index is 0.634. The highest BCUT2D eigenvalue weighted by Gasteiger charge is 2.22. The summed E-state index contributed by atoms with van der Waals surface area (Å²) in [4.78, 5) is 4.41. The van der Waals surface area contributed by atoms with Crippen molar-refractivity contribution in [3.8, 4) is 0 Å². The minimum absolute atomic E-state index is 0.634. The first-order valence-corrected chi connectivity index (χ1v) is 6.50. The maximum atomic E-state index is 5.92. The van der Waals surface area contributed by atoms with Crippen LogP contribution in [-0.2, 0) is 6.42 Å². The van der Waals surface area contributed by atoms with E-state index in [-0.39, 0.29) is 0 Å². The number of hydrogen-bond donors (Lipinski definition) is 1. The van der Waals surface area contributed by atoms with Crippen molar-refractivity contribution in [2.24, 2.45) is 17.6 Å². The van der Waals surface area contributed by atoms with Gasteiger partial charge in [-0.05, 0) is 36.9 Å². The molecule has 0 amide bonds. The molecule has 1 heterocycles. The van der Waals surface area contributed by atoms with Crippen molar-refractivity contribution >= 4 is 0 Å². The Morgan fingerprint density at radius 3 is 2.69 bits per heavy atom. The molecule has 2 heteroatoms. The number of hydrogen-bond acceptors (Lipinski definition) is 2. The minimum Gasteiger partial charge on any atom is -0.330 e. The first kappa shape index (κ1) is 11.6. The molecular weight excluding hydrogens is 196 g/mol. The molecule has 1 fully saturated rings. The summed E-state index contributed by atoms with van der Waals surface area (Å²) in [5, 5.41) is 0. The highest BCUT2D eigenvalue weighted by molar-refractivity contribution is 5.04. The molecule has 2 rings (SSSR count). The average Bonchev–Trinajstić information content (AvgIpc) is 2.38. The smallest absolute Gasteiger partial charge is 0.0406 e. The van der Waals surface area contributed by atoms with E-state index >= 15 is 0 Å². The van der Waals surface area contributed by atoms with Gasteiger partial charge in [0.2, 0.25) is 0 Å². The van der Waals surface area contributed by atoms with Crippen molar-refractivity contribution in [3.63, 3.8) is 0 Å². The Bertz CT molecular complexity index is 291. The predicted octanol–water partition coefficient (Wildman–Crippen LogP) is 2.78. The van der Waals surface area contributed by atoms with Crippen LogP contribution in [0.2, 0.25) is 0 Å². The van der Waals surface area contributed by atoms with Gasteiger partial charge in [0.25, 0.3) is 0 Å². The van der Waals surface area contributed by atoms with Gasteiger partial charge in [-0.15, -0.1) is 0 Å². The summed E-state index contributed by atoms with van der Waals surface area (Å²) >= 11 is 0. The van der Waals surface area contributed by atoms with Gasteiger partial charge in [-0.3, -0.25) is 4.98 Å². The molecule has 0 aliphatic heterocycles. The highest BCUT2D eigenvalue weighted by atomic mass is 14.7. The standard InChI is InChI=1S/C14H22N2/c15-11-13(12-6-2-1-3-7-12)10-14-8-4-5-9-16-14/h4-5,8-9,12-13H,1-3,6-7,10-11,15H2. The molecule has 1 aliphatic carbocycles. The van der Waals surface area contributed by atoms with Gasteiger partial charge in [0.15, 0.2) is 0 Å². The number of nitrogens with two attached hydrogens (primary N) is 1. The second-order valence-corrected chi connectivity index (χ2v) is 4.92. The van der Waals surface area contributed by atoms with Crippen molar-refractivity contribution in [2.75, 3.05) is 6.54 Å². The van der Waals surface area contributed by atoms with Crippen LogP contribution in [-0.4, -0.2) is 11.5 Å². The molecule has 0 aromatic carbocycles. The summed E-state index contributed by atoms with van der Waals surface area (Å²) < 4.78 is 0. The van der Waals surface area contributed by atoms with Crippen molar-refractivity contribution in [3.05, 3.63) is 30.1 Å². The fourth-order valence-electron chi connectivity index (χ4n) is 2.84. The first-order valence-electron chi connectivity index (χ1n) is 6.50. The Labute approximate surface area is 98.3 Å². The van der Waals surface area contributed by atoms with Crippen LogP contribution in [0.1, 0.15) is 37.8 Å². The third kappa shape index (κ3) is 3.05. The van der Waals surface area contributed by atoms with Gasteiger partial charge in [-0.1, -0.05) is 38.2 Å². The number of nitrogens with zero attached hydrogens (tertiary/aromatic N) is 1. The van der Waals surface area contributed by atoms with Gasteiger partial charge in [-0.2, -0.15) is 0 Å². The molecule has 2 nitrogen and oxygen atoms in total. The van der Waals surface area contributed by atoms with Gasteiger partial charge in [0, 0.05) is 11.9 Å². The van der Waals surface area contributed by atoms with Crippen molar-refractivity contribution in [1.82, 2.24) is 4.98 Å². The second-order valence-electron chi connectivity index (χ2n) is 4.92. The lowest BCUT2D eigenvalue weighted by molar-refractivity contribution is 0.250. The lowest BCUT2D eigenvalue weighted by Crippen LogP contribution is -2.27. The summed E-state index contributed by atoms with van der Waals surface area (Å²) in [5.41, 5.74) is 7.12. The van der Waals surface area contributed by atoms with Crippen molar-refractivity contribution < 1.29 is 0 Å². The van der Waals surface area contributed by atoms with Crippen LogP contribution in [0.3, 0.4) is 0 Å². The third-order valence-corrected chi connectivity index (χ3v) is 3.82. The molecule has 88 valence electrons. The van der Waals surface area contributed by atoms with E-state index < -0.39 is 0 Å². The van der Waals surface area contributed by atoms with Crippen LogP contribution in [0, 0.1) is 11.8 Å². The molecule has 0 saturated heterocycles. The Morgan fingerprint density at radius 1 is 1.25 bits per heavy atom. The van der Waals surface area contributed by atoms with Gasteiger partial charge in [0.05, 0.1) is 0 Å². The fourth-order valence-corrected chi connectivity index (χ4v) is 2.84. The zero-order valence-corrected chi connectivity index (χ0v) is 9.94. The van der Waals surface area contributed by atoms with E-state index in [9.17, 15) is 0 Å². The molecule has 1 atom stereocenters. The zero-order valence-electron chi connectivity index (χ0n) is 9.94. The van der Waals surface area contributed by atoms with Crippen LogP contribution >= 0.6 is 0 Å². The van der Waals surface area contributed by atoms with E-state index in [1.807, 2.05) is 12.3 Å². The molecular formula is C14H22N2. The largest absolute Gasteiger partial charge is 0.330 e. The topological polar surface area (TPSA) is 38.9 Å². The van der Waals surface area contributed by atoms with E-state index in [2.05, 4.69) is 17.1 Å². The Kier molecular flexibility index (Phi) is 4.34. The SMILES string of the molecule is NCC(Cc1ccccn1)C1CCCCC1. The second kappa shape index (κ2) is 6.00. The first-order chi connectivity index (χ1) is 7.90. The van der Waals surface area contributed by atoms with E-state index in [1.165, 1.54) is 37.8 Å². The predicted molar refractivity (Wildman–Crippen MR) is 67.1 cm³/mol. The van der Waals surface area contributed by atoms with E-state index in [0.717, 1.165) is 18.9 Å². The van der Waals surface area contributed by atoms with Gasteiger partial charge in [0.1, 0.15) is 0 Å². The molecule has 1 unspecified atom stereocenters. The maximum absolute atomic E-state index is 5.92. The summed E-state index contributed by atoms with van der Waals surface area (Å²) in [5.74, 6) is 1.47. The number of aromatic nitrogens is 1. The lowest BCUT2D eigenvalue weighted by atomic mass is 9.78. The average molecular weight is 218 g/mol. The van der Waals surface area contributed by atoms with Crippen molar-refractivity contribution in [2.45, 2.75) is 38.5 Å².